The normalized spacial score (nSPS) is 15.5. The maximum Gasteiger partial charge on any atom is 0.317 e. The van der Waals surface area contributed by atoms with Gasteiger partial charge in [0, 0.05) is 25.6 Å². The number of methoxy groups -OCH3 is 1. The van der Waals surface area contributed by atoms with E-state index in [4.69, 9.17) is 4.74 Å². The minimum Gasteiger partial charge on any atom is -0.497 e. The number of carbonyl (C=O) groups excluding carboxylic acids is 2. The Hall–Kier alpha value is -3.35. The van der Waals surface area contributed by atoms with E-state index in [0.29, 0.717) is 13.0 Å². The van der Waals surface area contributed by atoms with E-state index in [2.05, 4.69) is 10.4 Å². The van der Waals surface area contributed by atoms with Crippen molar-refractivity contribution in [2.75, 3.05) is 27.2 Å². The summed E-state index contributed by atoms with van der Waals surface area (Å²) in [4.78, 5) is 26.6. The van der Waals surface area contributed by atoms with Crippen LogP contribution in [0, 0.1) is 0 Å². The summed E-state index contributed by atoms with van der Waals surface area (Å²) in [5, 5.41) is 8.94. The zero-order chi connectivity index (χ0) is 21.5. The first-order chi connectivity index (χ1) is 14.5. The highest BCUT2D eigenvalue weighted by Gasteiger charge is 2.33. The minimum atomic E-state index is -0.266. The molecule has 0 unspecified atom stereocenters. The van der Waals surface area contributed by atoms with Crippen molar-refractivity contribution in [1.29, 1.82) is 0 Å². The number of nitrogens with one attached hydrogen (secondary N) is 1. The van der Waals surface area contributed by atoms with Crippen LogP contribution in [0.15, 0.2) is 59.7 Å². The lowest BCUT2D eigenvalue weighted by Gasteiger charge is -2.25. The van der Waals surface area contributed by atoms with Gasteiger partial charge in [-0.15, -0.1) is 0 Å². The zero-order valence-electron chi connectivity index (χ0n) is 17.7. The zero-order valence-corrected chi connectivity index (χ0v) is 17.7. The second kappa shape index (κ2) is 9.91. The molecule has 1 N–H and O–H groups in total. The van der Waals surface area contributed by atoms with Crippen molar-refractivity contribution in [2.24, 2.45) is 5.10 Å². The summed E-state index contributed by atoms with van der Waals surface area (Å²) in [5.74, 6) is 0.513. The van der Waals surface area contributed by atoms with E-state index in [1.165, 1.54) is 9.91 Å². The van der Waals surface area contributed by atoms with Crippen molar-refractivity contribution in [3.63, 3.8) is 0 Å². The third-order valence-electron chi connectivity index (χ3n) is 5.00. The Balaban J connectivity index is 1.84. The van der Waals surface area contributed by atoms with E-state index in [0.717, 1.165) is 29.0 Å². The van der Waals surface area contributed by atoms with Crippen LogP contribution in [0.1, 0.15) is 36.9 Å². The van der Waals surface area contributed by atoms with E-state index in [-0.39, 0.29) is 24.5 Å². The molecule has 0 aromatic heterocycles. The molecule has 0 saturated heterocycles. The van der Waals surface area contributed by atoms with Gasteiger partial charge in [-0.25, -0.2) is 9.80 Å². The molecule has 1 atom stereocenters. The number of benzene rings is 2. The Kier molecular flexibility index (Phi) is 7.06. The molecule has 1 heterocycles. The highest BCUT2D eigenvalue weighted by molar-refractivity contribution is 6.03. The SMILES string of the molecule is CCCNC(=O)N(C)CC(=O)N1N=C(c2cccc(OC)c2)C[C@@H]1c1ccccc1. The number of hydrogen-bond acceptors (Lipinski definition) is 4. The molecule has 7 nitrogen and oxygen atoms in total. The fourth-order valence-electron chi connectivity index (χ4n) is 3.37. The summed E-state index contributed by atoms with van der Waals surface area (Å²) < 4.78 is 5.32. The summed E-state index contributed by atoms with van der Waals surface area (Å²) in [5.41, 5.74) is 2.74. The molecule has 2 aromatic carbocycles. The van der Waals surface area contributed by atoms with E-state index in [9.17, 15) is 9.59 Å². The molecule has 0 bridgehead atoms. The number of carbonyl (C=O) groups is 2. The summed E-state index contributed by atoms with van der Waals surface area (Å²) in [6.07, 6.45) is 1.43. The molecule has 0 radical (unpaired) electrons. The topological polar surface area (TPSA) is 74.2 Å². The van der Waals surface area contributed by atoms with Crippen molar-refractivity contribution in [2.45, 2.75) is 25.8 Å². The first kappa shape index (κ1) is 21.4. The Morgan fingerprint density at radius 3 is 2.67 bits per heavy atom. The van der Waals surface area contributed by atoms with Crippen molar-refractivity contribution in [1.82, 2.24) is 15.2 Å². The second-order valence-electron chi connectivity index (χ2n) is 7.24. The van der Waals surface area contributed by atoms with Crippen LogP contribution in [0.4, 0.5) is 4.79 Å². The first-order valence-electron chi connectivity index (χ1n) is 10.1. The number of hydrazone groups is 1. The third-order valence-corrected chi connectivity index (χ3v) is 5.00. The summed E-state index contributed by atoms with van der Waals surface area (Å²) in [6, 6.07) is 17.0. The van der Waals surface area contributed by atoms with E-state index in [1.54, 1.807) is 14.2 Å². The molecule has 0 fully saturated rings. The molecule has 0 saturated carbocycles. The van der Waals surface area contributed by atoms with Gasteiger partial charge in [-0.05, 0) is 24.1 Å². The predicted molar refractivity (Wildman–Crippen MR) is 116 cm³/mol. The lowest BCUT2D eigenvalue weighted by atomic mass is 9.98. The van der Waals surface area contributed by atoms with Gasteiger partial charge in [0.1, 0.15) is 12.3 Å². The molecular weight excluding hydrogens is 380 g/mol. The Bertz CT molecular complexity index is 914. The van der Waals surface area contributed by atoms with E-state index >= 15 is 0 Å². The summed E-state index contributed by atoms with van der Waals surface area (Å²) in [6.45, 7) is 2.51. The van der Waals surface area contributed by atoms with Gasteiger partial charge >= 0.3 is 6.03 Å². The Morgan fingerprint density at radius 1 is 1.20 bits per heavy atom. The van der Waals surface area contributed by atoms with Gasteiger partial charge in [-0.1, -0.05) is 49.4 Å². The summed E-state index contributed by atoms with van der Waals surface area (Å²) in [7, 11) is 3.24. The fourth-order valence-corrected chi connectivity index (χ4v) is 3.37. The van der Waals surface area contributed by atoms with Crippen LogP contribution in [0.2, 0.25) is 0 Å². The minimum absolute atomic E-state index is 0.0478. The Morgan fingerprint density at radius 2 is 1.97 bits per heavy atom. The van der Waals surface area contributed by atoms with Crippen LogP contribution in [0.25, 0.3) is 0 Å². The number of nitrogens with zero attached hydrogens (tertiary/aromatic N) is 3. The molecule has 7 heteroatoms. The van der Waals surface area contributed by atoms with Crippen LogP contribution in [-0.4, -0.2) is 54.8 Å². The second-order valence-corrected chi connectivity index (χ2v) is 7.24. The number of rotatable bonds is 7. The smallest absolute Gasteiger partial charge is 0.317 e. The molecule has 30 heavy (non-hydrogen) atoms. The van der Waals surface area contributed by atoms with Crippen LogP contribution in [-0.2, 0) is 4.79 Å². The van der Waals surface area contributed by atoms with E-state index in [1.807, 2.05) is 61.5 Å². The van der Waals surface area contributed by atoms with E-state index < -0.39 is 0 Å². The van der Waals surface area contributed by atoms with Gasteiger partial charge in [0.05, 0.1) is 18.9 Å². The molecule has 1 aliphatic heterocycles. The Labute approximate surface area is 177 Å². The van der Waals surface area contributed by atoms with Gasteiger partial charge in [-0.3, -0.25) is 4.79 Å². The maximum absolute atomic E-state index is 13.1. The average molecular weight is 409 g/mol. The lowest BCUT2D eigenvalue weighted by Crippen LogP contribution is -2.43. The van der Waals surface area contributed by atoms with Crippen LogP contribution in [0.5, 0.6) is 5.75 Å². The van der Waals surface area contributed by atoms with Crippen molar-refractivity contribution in [3.05, 3.63) is 65.7 Å². The highest BCUT2D eigenvalue weighted by atomic mass is 16.5. The molecule has 0 spiro atoms. The van der Waals surface area contributed by atoms with Crippen LogP contribution >= 0.6 is 0 Å². The first-order valence-corrected chi connectivity index (χ1v) is 10.1. The third kappa shape index (κ3) is 4.97. The van der Waals surface area contributed by atoms with Crippen molar-refractivity contribution < 1.29 is 14.3 Å². The van der Waals surface area contributed by atoms with Gasteiger partial charge in [0.25, 0.3) is 5.91 Å². The molecule has 158 valence electrons. The monoisotopic (exact) mass is 408 g/mol. The number of ether oxygens (including phenoxy) is 1. The number of likely N-dealkylation sites (N-methyl/N-ethyl adjacent to an activating group) is 1. The molecule has 3 amide bonds. The number of hydrogen-bond donors (Lipinski definition) is 1. The fraction of sp³-hybridized carbons (Fsp3) is 0.348. The number of urea groups is 1. The van der Waals surface area contributed by atoms with Crippen LogP contribution < -0.4 is 10.1 Å². The van der Waals surface area contributed by atoms with Gasteiger partial charge in [-0.2, -0.15) is 5.10 Å². The highest BCUT2D eigenvalue weighted by Crippen LogP contribution is 2.33. The largest absolute Gasteiger partial charge is 0.497 e. The van der Waals surface area contributed by atoms with Crippen molar-refractivity contribution >= 4 is 17.6 Å². The number of amides is 3. The molecule has 1 aliphatic rings. The lowest BCUT2D eigenvalue weighted by molar-refractivity contribution is -0.133. The molecule has 0 aliphatic carbocycles. The molecular formula is C23H28N4O3. The maximum atomic E-state index is 13.1. The van der Waals surface area contributed by atoms with Gasteiger partial charge < -0.3 is 15.0 Å². The van der Waals surface area contributed by atoms with Gasteiger partial charge in [0.15, 0.2) is 0 Å². The quantitative estimate of drug-likeness (QED) is 0.763. The summed E-state index contributed by atoms with van der Waals surface area (Å²) >= 11 is 0. The average Bonchev–Trinajstić information content (AvgIpc) is 3.23. The predicted octanol–water partition coefficient (Wildman–Crippen LogP) is 3.42. The van der Waals surface area contributed by atoms with Gasteiger partial charge in [0.2, 0.25) is 0 Å². The van der Waals surface area contributed by atoms with Crippen LogP contribution in [0.3, 0.4) is 0 Å². The standard InChI is InChI=1S/C23H28N4O3/c1-4-13-24-23(29)26(2)16-22(28)27-21(17-9-6-5-7-10-17)15-20(25-27)18-11-8-12-19(14-18)30-3/h5-12,14,21H,4,13,15-16H2,1-3H3,(H,24,29)/t21-/m1/s1. The van der Waals surface area contributed by atoms with Crippen molar-refractivity contribution in [3.8, 4) is 5.75 Å². The molecule has 3 rings (SSSR count). The molecule has 2 aromatic rings.